The van der Waals surface area contributed by atoms with Gasteiger partial charge in [-0.3, -0.25) is 0 Å². The molecule has 0 aromatic heterocycles. The van der Waals surface area contributed by atoms with Crippen molar-refractivity contribution < 1.29 is 13.2 Å². The minimum Gasteiger partial charge on any atom is -0.166 e. The van der Waals surface area contributed by atoms with Crippen molar-refractivity contribution in [2.45, 2.75) is 13.1 Å². The second-order valence-corrected chi connectivity index (χ2v) is 3.89. The summed E-state index contributed by atoms with van der Waals surface area (Å²) in [7, 11) is 0. The molecule has 3 heteroatoms. The molecule has 0 saturated heterocycles. The minimum atomic E-state index is -4.30. The lowest BCUT2D eigenvalue weighted by Gasteiger charge is -2.12. The van der Waals surface area contributed by atoms with E-state index in [0.29, 0.717) is 5.56 Å². The van der Waals surface area contributed by atoms with Crippen LogP contribution in [0.25, 0.3) is 11.1 Å². The highest BCUT2D eigenvalue weighted by Crippen LogP contribution is 2.34. The second-order valence-electron chi connectivity index (χ2n) is 3.89. The van der Waals surface area contributed by atoms with Gasteiger partial charge < -0.3 is 0 Å². The number of hydrogen-bond donors (Lipinski definition) is 0. The number of halogens is 3. The van der Waals surface area contributed by atoms with Crippen LogP contribution < -0.4 is 0 Å². The fourth-order valence-electron chi connectivity index (χ4n) is 1.74. The molecular formula is C14H11F3. The zero-order chi connectivity index (χ0) is 12.5. The first-order valence-electron chi connectivity index (χ1n) is 5.22. The highest BCUT2D eigenvalue weighted by atomic mass is 19.4. The molecule has 0 radical (unpaired) electrons. The van der Waals surface area contributed by atoms with E-state index in [4.69, 9.17) is 0 Å². The highest BCUT2D eigenvalue weighted by Gasteiger charge is 2.32. The van der Waals surface area contributed by atoms with E-state index in [9.17, 15) is 13.2 Å². The Balaban J connectivity index is 2.53. The number of benzene rings is 2. The molecule has 0 amide bonds. The monoisotopic (exact) mass is 236 g/mol. The van der Waals surface area contributed by atoms with Gasteiger partial charge in [0, 0.05) is 0 Å². The zero-order valence-electron chi connectivity index (χ0n) is 9.25. The van der Waals surface area contributed by atoms with Crippen LogP contribution in [0.3, 0.4) is 0 Å². The molecule has 2 aromatic carbocycles. The van der Waals surface area contributed by atoms with Crippen molar-refractivity contribution in [3.63, 3.8) is 0 Å². The van der Waals surface area contributed by atoms with Gasteiger partial charge in [0.1, 0.15) is 0 Å². The van der Waals surface area contributed by atoms with E-state index in [2.05, 4.69) is 0 Å². The topological polar surface area (TPSA) is 0 Å². The van der Waals surface area contributed by atoms with Gasteiger partial charge >= 0.3 is 6.18 Å². The third-order valence-corrected chi connectivity index (χ3v) is 2.65. The third-order valence-electron chi connectivity index (χ3n) is 2.65. The predicted molar refractivity (Wildman–Crippen MR) is 61.6 cm³/mol. The van der Waals surface area contributed by atoms with Crippen LogP contribution in [0.2, 0.25) is 0 Å². The zero-order valence-corrected chi connectivity index (χ0v) is 9.25. The second kappa shape index (κ2) is 4.24. The summed E-state index contributed by atoms with van der Waals surface area (Å²) in [6, 6.07) is 13.5. The van der Waals surface area contributed by atoms with Gasteiger partial charge in [-0.15, -0.1) is 0 Å². The molecule has 2 rings (SSSR count). The van der Waals surface area contributed by atoms with Gasteiger partial charge in [-0.1, -0.05) is 42.5 Å². The smallest absolute Gasteiger partial charge is 0.166 e. The van der Waals surface area contributed by atoms with Gasteiger partial charge in [-0.05, 0) is 29.7 Å². The molecule has 0 heterocycles. The van der Waals surface area contributed by atoms with Gasteiger partial charge in [0.25, 0.3) is 0 Å². The van der Waals surface area contributed by atoms with Crippen molar-refractivity contribution in [2.24, 2.45) is 0 Å². The average molecular weight is 236 g/mol. The maximum Gasteiger partial charge on any atom is 0.416 e. The Bertz CT molecular complexity index is 513. The van der Waals surface area contributed by atoms with Gasteiger partial charge in [0.2, 0.25) is 0 Å². The molecule has 17 heavy (non-hydrogen) atoms. The summed E-state index contributed by atoms with van der Waals surface area (Å²) in [6.07, 6.45) is -4.30. The van der Waals surface area contributed by atoms with E-state index < -0.39 is 11.7 Å². The number of aryl methyl sites for hydroxylation is 1. The average Bonchev–Trinajstić information content (AvgIpc) is 2.29. The van der Waals surface area contributed by atoms with Crippen molar-refractivity contribution in [2.75, 3.05) is 0 Å². The van der Waals surface area contributed by atoms with Gasteiger partial charge in [-0.2, -0.15) is 13.2 Å². The molecule has 0 nitrogen and oxygen atoms in total. The molecule has 0 atom stereocenters. The standard InChI is InChI=1S/C14H11F3/c1-10-7-8-12(9-13(10)14(15,16)17)11-5-3-2-4-6-11/h2-9H,1H3. The van der Waals surface area contributed by atoms with Crippen molar-refractivity contribution in [3.05, 3.63) is 59.7 Å². The fraction of sp³-hybridized carbons (Fsp3) is 0.143. The van der Waals surface area contributed by atoms with Crippen molar-refractivity contribution in [3.8, 4) is 11.1 Å². The van der Waals surface area contributed by atoms with Crippen molar-refractivity contribution in [1.29, 1.82) is 0 Å². The molecule has 0 N–H and O–H groups in total. The number of alkyl halides is 3. The van der Waals surface area contributed by atoms with E-state index in [1.54, 1.807) is 18.2 Å². The Labute approximate surface area is 97.7 Å². The van der Waals surface area contributed by atoms with E-state index in [1.807, 2.05) is 18.2 Å². The maximum absolute atomic E-state index is 12.7. The SMILES string of the molecule is Cc1ccc(-c2ccccc2)cc1C(F)(F)F. The molecule has 0 fully saturated rings. The predicted octanol–water partition coefficient (Wildman–Crippen LogP) is 4.68. The Morgan fingerprint density at radius 3 is 2.06 bits per heavy atom. The van der Waals surface area contributed by atoms with Crippen LogP contribution in [0.4, 0.5) is 13.2 Å². The summed E-state index contributed by atoms with van der Waals surface area (Å²) in [6.45, 7) is 1.47. The Morgan fingerprint density at radius 1 is 0.824 bits per heavy atom. The molecule has 0 unspecified atom stereocenters. The normalized spacial score (nSPS) is 11.5. The molecule has 0 saturated carbocycles. The van der Waals surface area contributed by atoms with E-state index >= 15 is 0 Å². The van der Waals surface area contributed by atoms with Gasteiger partial charge in [-0.25, -0.2) is 0 Å². The lowest BCUT2D eigenvalue weighted by atomic mass is 9.99. The quantitative estimate of drug-likeness (QED) is 0.674. The van der Waals surface area contributed by atoms with Crippen molar-refractivity contribution in [1.82, 2.24) is 0 Å². The van der Waals surface area contributed by atoms with E-state index in [1.165, 1.54) is 19.1 Å². The first-order chi connectivity index (χ1) is 7.98. The molecule has 0 aliphatic rings. The van der Waals surface area contributed by atoms with Crippen LogP contribution in [0.15, 0.2) is 48.5 Å². The fourth-order valence-corrected chi connectivity index (χ4v) is 1.74. The first kappa shape index (κ1) is 11.7. The van der Waals surface area contributed by atoms with E-state index in [0.717, 1.165) is 5.56 Å². The Morgan fingerprint density at radius 2 is 1.47 bits per heavy atom. The summed E-state index contributed by atoms with van der Waals surface area (Å²) in [5, 5.41) is 0. The lowest BCUT2D eigenvalue weighted by molar-refractivity contribution is -0.138. The molecule has 2 aromatic rings. The summed E-state index contributed by atoms with van der Waals surface area (Å²) >= 11 is 0. The Kier molecular flexibility index (Phi) is 2.92. The summed E-state index contributed by atoms with van der Waals surface area (Å²) < 4.78 is 38.2. The van der Waals surface area contributed by atoms with Crippen LogP contribution in [-0.4, -0.2) is 0 Å². The van der Waals surface area contributed by atoms with Crippen LogP contribution >= 0.6 is 0 Å². The molecule has 0 aliphatic carbocycles. The summed E-state index contributed by atoms with van der Waals surface area (Å²) in [5.41, 5.74) is 1.05. The molecule has 0 bridgehead atoms. The minimum absolute atomic E-state index is 0.247. The van der Waals surface area contributed by atoms with Crippen LogP contribution in [0.5, 0.6) is 0 Å². The molecule has 88 valence electrons. The summed E-state index contributed by atoms with van der Waals surface area (Å²) in [4.78, 5) is 0. The lowest BCUT2D eigenvalue weighted by Crippen LogP contribution is -2.07. The Hall–Kier alpha value is -1.77. The van der Waals surface area contributed by atoms with Crippen molar-refractivity contribution >= 4 is 0 Å². The number of hydrogen-bond acceptors (Lipinski definition) is 0. The third kappa shape index (κ3) is 2.49. The van der Waals surface area contributed by atoms with E-state index in [-0.39, 0.29) is 5.56 Å². The molecule has 0 aliphatic heterocycles. The maximum atomic E-state index is 12.7. The van der Waals surface area contributed by atoms with Crippen LogP contribution in [0.1, 0.15) is 11.1 Å². The summed E-state index contributed by atoms with van der Waals surface area (Å²) in [5.74, 6) is 0. The van der Waals surface area contributed by atoms with Crippen LogP contribution in [-0.2, 0) is 6.18 Å². The van der Waals surface area contributed by atoms with Gasteiger partial charge in [0.15, 0.2) is 0 Å². The number of rotatable bonds is 1. The molecular weight excluding hydrogens is 225 g/mol. The van der Waals surface area contributed by atoms with Gasteiger partial charge in [0.05, 0.1) is 5.56 Å². The first-order valence-corrected chi connectivity index (χ1v) is 5.22. The largest absolute Gasteiger partial charge is 0.416 e. The molecule has 0 spiro atoms. The van der Waals surface area contributed by atoms with Crippen LogP contribution in [0, 0.1) is 6.92 Å². The highest BCUT2D eigenvalue weighted by molar-refractivity contribution is 5.65.